The SMILES string of the molecule is C=C(Nc1ccc(C2CCNCC2)cc1)c1c(/C(=C\C)CCC(O)c2ccccc2)cc[nH]c1=O.CCC. The van der Waals surface area contributed by atoms with Gasteiger partial charge >= 0.3 is 0 Å². The zero-order valence-corrected chi connectivity index (χ0v) is 23.1. The van der Waals surface area contributed by atoms with Crippen molar-refractivity contribution in [1.82, 2.24) is 10.3 Å². The summed E-state index contributed by atoms with van der Waals surface area (Å²) in [7, 11) is 0. The largest absolute Gasteiger partial charge is 0.388 e. The molecule has 1 aromatic heterocycles. The van der Waals surface area contributed by atoms with Gasteiger partial charge in [-0.15, -0.1) is 0 Å². The number of hydrogen-bond donors (Lipinski definition) is 4. The first kappa shape index (κ1) is 29.2. The van der Waals surface area contributed by atoms with E-state index in [9.17, 15) is 9.90 Å². The van der Waals surface area contributed by atoms with Crippen LogP contribution in [-0.4, -0.2) is 23.2 Å². The highest BCUT2D eigenvalue weighted by atomic mass is 16.3. The average Bonchev–Trinajstić information content (AvgIpc) is 2.95. The van der Waals surface area contributed by atoms with Crippen LogP contribution in [0.25, 0.3) is 11.3 Å². The summed E-state index contributed by atoms with van der Waals surface area (Å²) < 4.78 is 0. The number of H-pyrrole nitrogens is 1. The topological polar surface area (TPSA) is 77.2 Å². The third-order valence-electron chi connectivity index (χ3n) is 6.84. The number of anilines is 1. The van der Waals surface area contributed by atoms with Gasteiger partial charge in [-0.2, -0.15) is 0 Å². The van der Waals surface area contributed by atoms with Crippen LogP contribution < -0.4 is 16.2 Å². The molecule has 0 spiro atoms. The van der Waals surface area contributed by atoms with Crippen molar-refractivity contribution in [1.29, 1.82) is 0 Å². The van der Waals surface area contributed by atoms with Crippen LogP contribution in [0.2, 0.25) is 0 Å². The zero-order valence-electron chi connectivity index (χ0n) is 23.1. The van der Waals surface area contributed by atoms with Crippen molar-refractivity contribution in [2.24, 2.45) is 0 Å². The number of aromatic amines is 1. The first-order valence-electron chi connectivity index (χ1n) is 13.9. The second-order valence-electron chi connectivity index (χ2n) is 9.83. The Morgan fingerprint density at radius 2 is 1.74 bits per heavy atom. The molecule has 1 unspecified atom stereocenters. The van der Waals surface area contributed by atoms with Crippen LogP contribution >= 0.6 is 0 Å². The van der Waals surface area contributed by atoms with Gasteiger partial charge in [-0.25, -0.2) is 0 Å². The number of aromatic nitrogens is 1. The molecule has 2 aromatic carbocycles. The Morgan fingerprint density at radius 3 is 2.37 bits per heavy atom. The van der Waals surface area contributed by atoms with Crippen LogP contribution in [-0.2, 0) is 0 Å². The standard InChI is InChI=1S/C30H35N3O2.C3H8/c1-3-22(11-14-28(34)25-7-5-4-6-8-25)27-17-20-32-30(35)29(27)21(2)33-26-12-9-23(10-13-26)24-15-18-31-19-16-24;1-3-2/h3-10,12-13,17,20,24,28,31,33-34H,2,11,14-16,18-19H2,1H3,(H,32,35);3H2,1-2H3/b22-3-;. The molecule has 0 aliphatic carbocycles. The summed E-state index contributed by atoms with van der Waals surface area (Å²) in [5, 5.41) is 17.4. The van der Waals surface area contributed by atoms with Crippen molar-refractivity contribution in [3.8, 4) is 0 Å². The molecule has 0 bridgehead atoms. The molecule has 2 heterocycles. The van der Waals surface area contributed by atoms with E-state index in [0.29, 0.717) is 30.0 Å². The third kappa shape index (κ3) is 8.04. The van der Waals surface area contributed by atoms with Gasteiger partial charge in [0.2, 0.25) is 0 Å². The van der Waals surface area contributed by atoms with Crippen molar-refractivity contribution >= 4 is 17.0 Å². The lowest BCUT2D eigenvalue weighted by Gasteiger charge is -2.23. The Hall–Kier alpha value is -3.41. The number of piperidine rings is 1. The summed E-state index contributed by atoms with van der Waals surface area (Å²) in [6, 6.07) is 20.0. The molecule has 1 fully saturated rings. The maximum Gasteiger partial charge on any atom is 0.257 e. The van der Waals surface area contributed by atoms with Crippen LogP contribution in [0.5, 0.6) is 0 Å². The fourth-order valence-corrected chi connectivity index (χ4v) is 4.84. The van der Waals surface area contributed by atoms with Crippen LogP contribution in [0.1, 0.15) is 87.2 Å². The number of nitrogens with one attached hydrogen (secondary N) is 3. The molecule has 5 heteroatoms. The molecule has 3 aromatic rings. The maximum atomic E-state index is 12.9. The van der Waals surface area contributed by atoms with Gasteiger partial charge in [-0.1, -0.05) is 75.4 Å². The van der Waals surface area contributed by atoms with E-state index in [4.69, 9.17) is 0 Å². The summed E-state index contributed by atoms with van der Waals surface area (Å²) in [6.45, 7) is 12.5. The van der Waals surface area contributed by atoms with Gasteiger partial charge in [0.1, 0.15) is 0 Å². The second kappa shape index (κ2) is 15.1. The highest BCUT2D eigenvalue weighted by molar-refractivity contribution is 5.83. The smallest absolute Gasteiger partial charge is 0.257 e. The normalized spacial score (nSPS) is 14.8. The summed E-state index contributed by atoms with van der Waals surface area (Å²) in [4.78, 5) is 15.7. The molecular weight excluding hydrogens is 470 g/mol. The molecule has 1 aliphatic heterocycles. The fourth-order valence-electron chi connectivity index (χ4n) is 4.84. The molecule has 1 saturated heterocycles. The molecule has 1 atom stereocenters. The number of hydrogen-bond acceptors (Lipinski definition) is 4. The Bertz CT molecular complexity index is 1220. The first-order chi connectivity index (χ1) is 18.5. The number of benzene rings is 2. The molecule has 0 amide bonds. The quantitative estimate of drug-likeness (QED) is 0.243. The number of aliphatic hydroxyl groups is 1. The fraction of sp³-hybridized carbons (Fsp3) is 0.364. The van der Waals surface area contributed by atoms with Gasteiger partial charge in [0.15, 0.2) is 0 Å². The monoisotopic (exact) mass is 513 g/mol. The van der Waals surface area contributed by atoms with E-state index in [2.05, 4.69) is 60.3 Å². The lowest BCUT2D eigenvalue weighted by molar-refractivity contribution is 0.169. The lowest BCUT2D eigenvalue weighted by atomic mass is 9.90. The Balaban J connectivity index is 0.00000127. The Morgan fingerprint density at radius 1 is 1.08 bits per heavy atom. The van der Waals surface area contributed by atoms with Crippen molar-refractivity contribution in [3.05, 3.63) is 112 Å². The summed E-state index contributed by atoms with van der Waals surface area (Å²) in [5.41, 5.74) is 5.89. The minimum atomic E-state index is -0.559. The molecule has 0 radical (unpaired) electrons. The molecule has 202 valence electrons. The van der Waals surface area contributed by atoms with Crippen LogP contribution in [0.4, 0.5) is 5.69 Å². The van der Waals surface area contributed by atoms with Crippen LogP contribution in [0, 0.1) is 0 Å². The van der Waals surface area contributed by atoms with Gasteiger partial charge < -0.3 is 20.7 Å². The summed E-state index contributed by atoms with van der Waals surface area (Å²) in [5.74, 6) is 0.598. The van der Waals surface area contributed by atoms with E-state index in [1.165, 1.54) is 12.0 Å². The van der Waals surface area contributed by atoms with E-state index < -0.39 is 6.10 Å². The summed E-state index contributed by atoms with van der Waals surface area (Å²) >= 11 is 0. The van der Waals surface area contributed by atoms with E-state index >= 15 is 0 Å². The lowest BCUT2D eigenvalue weighted by Crippen LogP contribution is -2.26. The number of aliphatic hydroxyl groups excluding tert-OH is 1. The molecular formula is C33H43N3O2. The number of allylic oxidation sites excluding steroid dienone is 2. The number of rotatable bonds is 9. The Labute approximate surface area is 227 Å². The Kier molecular flexibility index (Phi) is 11.6. The zero-order chi connectivity index (χ0) is 27.3. The minimum Gasteiger partial charge on any atom is -0.388 e. The second-order valence-corrected chi connectivity index (χ2v) is 9.83. The van der Waals surface area contributed by atoms with Crippen molar-refractivity contribution in [2.45, 2.75) is 64.9 Å². The highest BCUT2D eigenvalue weighted by Gasteiger charge is 2.17. The van der Waals surface area contributed by atoms with Gasteiger partial charge in [0.05, 0.1) is 11.7 Å². The van der Waals surface area contributed by atoms with Crippen molar-refractivity contribution in [2.75, 3.05) is 18.4 Å². The highest BCUT2D eigenvalue weighted by Crippen LogP contribution is 2.30. The van der Waals surface area contributed by atoms with Crippen LogP contribution in [0.3, 0.4) is 0 Å². The molecule has 0 saturated carbocycles. The predicted molar refractivity (Wildman–Crippen MR) is 161 cm³/mol. The average molecular weight is 514 g/mol. The van der Waals surface area contributed by atoms with Gasteiger partial charge in [-0.05, 0) is 92.1 Å². The van der Waals surface area contributed by atoms with Gasteiger partial charge in [0, 0.05) is 17.6 Å². The summed E-state index contributed by atoms with van der Waals surface area (Å²) in [6.07, 6.45) is 7.89. The predicted octanol–water partition coefficient (Wildman–Crippen LogP) is 7.26. The first-order valence-corrected chi connectivity index (χ1v) is 13.9. The molecule has 1 aliphatic rings. The van der Waals surface area contributed by atoms with Gasteiger partial charge in [0.25, 0.3) is 5.56 Å². The molecule has 38 heavy (non-hydrogen) atoms. The van der Waals surface area contributed by atoms with Crippen LogP contribution in [0.15, 0.2) is 84.3 Å². The molecule has 4 rings (SSSR count). The maximum absolute atomic E-state index is 12.9. The third-order valence-corrected chi connectivity index (χ3v) is 6.84. The molecule has 5 nitrogen and oxygen atoms in total. The van der Waals surface area contributed by atoms with Crippen molar-refractivity contribution in [3.63, 3.8) is 0 Å². The van der Waals surface area contributed by atoms with Gasteiger partial charge in [-0.3, -0.25) is 4.79 Å². The molecule has 4 N–H and O–H groups in total. The number of pyridine rings is 1. The van der Waals surface area contributed by atoms with E-state index in [1.54, 1.807) is 6.20 Å². The minimum absolute atomic E-state index is 0.186. The van der Waals surface area contributed by atoms with Crippen molar-refractivity contribution < 1.29 is 5.11 Å². The van der Waals surface area contributed by atoms with E-state index in [-0.39, 0.29) is 5.56 Å². The van der Waals surface area contributed by atoms with E-state index in [0.717, 1.165) is 48.3 Å². The van der Waals surface area contributed by atoms with E-state index in [1.807, 2.05) is 49.4 Å².